The van der Waals surface area contributed by atoms with Crippen molar-refractivity contribution in [1.29, 1.82) is 0 Å². The summed E-state index contributed by atoms with van der Waals surface area (Å²) >= 11 is 1.46. The number of fused-ring (bicyclic) bond motifs is 3. The Bertz CT molecular complexity index is 1400. The molecule has 5 aromatic rings. The number of hydrogen-bond acceptors (Lipinski definition) is 0. The van der Waals surface area contributed by atoms with Crippen molar-refractivity contribution < 1.29 is 24.2 Å². The first-order chi connectivity index (χ1) is 15.8. The first-order valence-electron chi connectivity index (χ1n) is 10.9. The van der Waals surface area contributed by atoms with E-state index < -0.39 is 0 Å². The van der Waals surface area contributed by atoms with Gasteiger partial charge in [-0.25, -0.2) is 0 Å². The Morgan fingerprint density at radius 3 is 1.85 bits per heavy atom. The Labute approximate surface area is 228 Å². The molecule has 0 bridgehead atoms. The van der Waals surface area contributed by atoms with Crippen LogP contribution in [-0.4, -0.2) is 3.21 Å². The van der Waals surface area contributed by atoms with Crippen molar-refractivity contribution in [3.63, 3.8) is 0 Å². The molecule has 0 unspecified atom stereocenters. The van der Waals surface area contributed by atoms with Crippen molar-refractivity contribution in [2.24, 2.45) is 0 Å². The van der Waals surface area contributed by atoms with Gasteiger partial charge in [-0.1, -0.05) is 65.8 Å². The molecule has 0 spiro atoms. The van der Waals surface area contributed by atoms with Gasteiger partial charge < -0.3 is 0 Å². The van der Waals surface area contributed by atoms with E-state index in [2.05, 4.69) is 127 Å². The van der Waals surface area contributed by atoms with Crippen LogP contribution < -0.4 is 0 Å². The minimum atomic E-state index is 0. The van der Waals surface area contributed by atoms with Crippen LogP contribution in [0.3, 0.4) is 0 Å². The van der Waals surface area contributed by atoms with Gasteiger partial charge in [-0.3, -0.25) is 0 Å². The molecule has 3 heteroatoms. The van der Waals surface area contributed by atoms with Crippen LogP contribution in [0, 0.1) is 0 Å². The second kappa shape index (κ2) is 12.3. The number of hydrogen-bond donors (Lipinski definition) is 0. The third-order valence-corrected chi connectivity index (χ3v) is 7.32. The second-order valence-electron chi connectivity index (χ2n) is 7.93. The third kappa shape index (κ3) is 5.61. The Morgan fingerprint density at radius 2 is 1.24 bits per heavy atom. The predicted octanol–water partition coefficient (Wildman–Crippen LogP) is 8.70. The Morgan fingerprint density at radius 1 is 0.647 bits per heavy atom. The van der Waals surface area contributed by atoms with Crippen molar-refractivity contribution in [3.8, 4) is 0 Å². The van der Waals surface area contributed by atoms with Gasteiger partial charge >= 0.3 is 99.2 Å². The van der Waals surface area contributed by atoms with E-state index in [1.165, 1.54) is 71.2 Å². The molecule has 1 aliphatic rings. The molecule has 6 rings (SSSR count). The number of allylic oxidation sites excluding steroid dienone is 4. The first kappa shape index (κ1) is 26.2. The van der Waals surface area contributed by atoms with Gasteiger partial charge in [0.2, 0.25) is 0 Å². The molecular weight excluding hydrogens is 534 g/mol. The van der Waals surface area contributed by atoms with E-state index >= 15 is 0 Å². The summed E-state index contributed by atoms with van der Waals surface area (Å²) in [5.74, 6) is 0. The van der Waals surface area contributed by atoms with Gasteiger partial charge in [0.05, 0.1) is 0 Å². The SMILES string of the molecule is C1=CCC(c2cccc3c2[cH-]c2ccccc23)=C1.Cl.Cl.[Zr]=[C](c1ccccc1)c1ccccc1. The molecule has 5 aromatic carbocycles. The van der Waals surface area contributed by atoms with Crippen LogP contribution >= 0.6 is 24.8 Å². The van der Waals surface area contributed by atoms with Crippen LogP contribution in [0.1, 0.15) is 23.1 Å². The van der Waals surface area contributed by atoms with E-state index in [0.29, 0.717) is 0 Å². The van der Waals surface area contributed by atoms with E-state index in [1.807, 2.05) is 0 Å². The Balaban J connectivity index is 0.000000186. The molecule has 0 saturated carbocycles. The van der Waals surface area contributed by atoms with Crippen LogP contribution in [0.4, 0.5) is 0 Å². The maximum atomic E-state index is 2.32. The number of halogens is 2. The summed E-state index contributed by atoms with van der Waals surface area (Å²) in [4.78, 5) is 0. The zero-order valence-electron chi connectivity index (χ0n) is 18.6. The fourth-order valence-electron chi connectivity index (χ4n) is 4.28. The van der Waals surface area contributed by atoms with Gasteiger partial charge in [0, 0.05) is 0 Å². The van der Waals surface area contributed by atoms with Crippen molar-refractivity contribution in [2.45, 2.75) is 6.42 Å². The zero-order chi connectivity index (χ0) is 21.8. The van der Waals surface area contributed by atoms with Crippen molar-refractivity contribution in [1.82, 2.24) is 0 Å². The summed E-state index contributed by atoms with van der Waals surface area (Å²) in [5.41, 5.74) is 5.47. The van der Waals surface area contributed by atoms with E-state index in [4.69, 9.17) is 0 Å². The average molecular weight is 560 g/mol. The molecule has 0 amide bonds. The summed E-state index contributed by atoms with van der Waals surface area (Å²) < 4.78 is 1.42. The normalized spacial score (nSPS) is 11.7. The van der Waals surface area contributed by atoms with E-state index in [1.54, 1.807) is 0 Å². The fourth-order valence-corrected chi connectivity index (χ4v) is 5.10. The third-order valence-electron chi connectivity index (χ3n) is 5.90. The quantitative estimate of drug-likeness (QED) is 0.194. The summed E-state index contributed by atoms with van der Waals surface area (Å²) in [7, 11) is 0. The molecule has 0 saturated heterocycles. The van der Waals surface area contributed by atoms with Gasteiger partial charge in [0.1, 0.15) is 0 Å². The van der Waals surface area contributed by atoms with Crippen molar-refractivity contribution in [2.75, 3.05) is 0 Å². The molecule has 0 aliphatic heterocycles. The molecule has 0 atom stereocenters. The van der Waals surface area contributed by atoms with Gasteiger partial charge in [0.25, 0.3) is 0 Å². The summed E-state index contributed by atoms with van der Waals surface area (Å²) in [6, 6.07) is 38.7. The molecule has 168 valence electrons. The molecule has 0 aromatic heterocycles. The van der Waals surface area contributed by atoms with Crippen LogP contribution in [0.2, 0.25) is 0 Å². The fraction of sp³-hybridized carbons (Fsp3) is 0.0323. The summed E-state index contributed by atoms with van der Waals surface area (Å²) in [6.07, 6.45) is 7.65. The Hall–Kier alpha value is -2.44. The number of rotatable bonds is 3. The van der Waals surface area contributed by atoms with E-state index in [9.17, 15) is 0 Å². The predicted molar refractivity (Wildman–Crippen MR) is 149 cm³/mol. The number of benzene rings is 4. The van der Waals surface area contributed by atoms with Gasteiger partial charge in [-0.15, -0.1) is 58.5 Å². The molecule has 0 radical (unpaired) electrons. The van der Waals surface area contributed by atoms with Crippen LogP contribution in [0.15, 0.2) is 127 Å². The summed E-state index contributed by atoms with van der Waals surface area (Å²) in [5, 5.41) is 5.46. The topological polar surface area (TPSA) is 0 Å². The maximum absolute atomic E-state index is 2.32. The average Bonchev–Trinajstić information content (AvgIpc) is 3.53. The van der Waals surface area contributed by atoms with Gasteiger partial charge in [-0.2, -0.15) is 0 Å². The standard InChI is InChI=1S/C18H13.C13H10.2ClH.Zr/c1-2-7-13(6-1)15-10-5-11-17-16-9-4-3-8-14(16)12-18(15)17;1-3-7-12(8-4-1)11-13-9-5-2-6-10-13;;;/h1-6,8-12H,7H2;1-10H;2*1H;/q-1;;;;. The molecule has 0 heterocycles. The first-order valence-corrected chi connectivity index (χ1v) is 12.2. The minimum absolute atomic E-state index is 0. The van der Waals surface area contributed by atoms with Gasteiger partial charge in [-0.05, 0) is 6.42 Å². The van der Waals surface area contributed by atoms with E-state index in [-0.39, 0.29) is 24.8 Å². The molecule has 1 aliphatic carbocycles. The van der Waals surface area contributed by atoms with Crippen LogP contribution in [-0.2, 0) is 24.2 Å². The molecule has 34 heavy (non-hydrogen) atoms. The molecular formula is C31H25Cl2Zr-. The summed E-state index contributed by atoms with van der Waals surface area (Å²) in [6.45, 7) is 0. The Kier molecular flexibility index (Phi) is 9.48. The molecule has 0 N–H and O–H groups in total. The monoisotopic (exact) mass is 557 g/mol. The van der Waals surface area contributed by atoms with Crippen molar-refractivity contribution >= 4 is 55.1 Å². The van der Waals surface area contributed by atoms with Crippen LogP contribution in [0.5, 0.6) is 0 Å². The van der Waals surface area contributed by atoms with Crippen LogP contribution in [0.25, 0.3) is 27.1 Å². The van der Waals surface area contributed by atoms with E-state index in [0.717, 1.165) is 6.42 Å². The van der Waals surface area contributed by atoms with Crippen molar-refractivity contribution in [3.05, 3.63) is 144 Å². The van der Waals surface area contributed by atoms with Gasteiger partial charge in [0.15, 0.2) is 0 Å². The molecule has 0 fully saturated rings. The second-order valence-corrected chi connectivity index (χ2v) is 9.16. The zero-order valence-corrected chi connectivity index (χ0v) is 22.7. The molecule has 0 nitrogen and oxygen atoms in total.